The summed E-state index contributed by atoms with van der Waals surface area (Å²) in [4.78, 5) is 0.553. The number of thiophene rings is 1. The van der Waals surface area contributed by atoms with Crippen LogP contribution in [0.2, 0.25) is 0 Å². The van der Waals surface area contributed by atoms with Crippen LogP contribution in [-0.2, 0) is 18.3 Å². The van der Waals surface area contributed by atoms with Gasteiger partial charge in [-0.3, -0.25) is 0 Å². The quantitative estimate of drug-likeness (QED) is 0.729. The monoisotopic (exact) mass is 366 g/mol. The van der Waals surface area contributed by atoms with E-state index in [4.69, 9.17) is 0 Å². The van der Waals surface area contributed by atoms with Crippen LogP contribution in [0.25, 0.3) is 10.1 Å². The Kier molecular flexibility index (Phi) is 6.07. The molecule has 5 heteroatoms. The van der Waals surface area contributed by atoms with Crippen molar-refractivity contribution in [1.29, 1.82) is 0 Å². The third kappa shape index (κ3) is 3.55. The molecule has 0 amide bonds. The first-order valence-electron chi connectivity index (χ1n) is 6.62. The molecule has 0 nitrogen and oxygen atoms in total. The molecule has 1 aromatic heterocycles. The van der Waals surface area contributed by atoms with Crippen molar-refractivity contribution >= 4 is 20.6 Å². The number of hydrogen-bond acceptors (Lipinski definition) is 0. The molecule has 2 rings (SSSR count). The summed E-state index contributed by atoms with van der Waals surface area (Å²) in [6.45, 7) is 4.02. The summed E-state index contributed by atoms with van der Waals surface area (Å²) in [6, 6.07) is 7.15. The van der Waals surface area contributed by atoms with E-state index in [1.165, 1.54) is 0 Å². The van der Waals surface area contributed by atoms with Gasteiger partial charge in [0.15, 0.2) is 9.58 Å². The standard InChI is InChI=1S/C15H18F3S.BrH/c1-3-5-6-13-10-12-9-11(4-2)7-8-14(12)19(13)15(16,17)18;/h7-10H,3-6H2,1-2H3;1H/q+1;/p-1. The molecule has 20 heavy (non-hydrogen) atoms. The molecule has 0 fully saturated rings. The predicted molar refractivity (Wildman–Crippen MR) is 75.7 cm³/mol. The summed E-state index contributed by atoms with van der Waals surface area (Å²) in [5.74, 6) is 0. The highest BCUT2D eigenvalue weighted by Crippen LogP contribution is 2.51. The molecule has 0 bridgehead atoms. The third-order valence-electron chi connectivity index (χ3n) is 3.29. The summed E-state index contributed by atoms with van der Waals surface area (Å²) >= 11 is 0. The van der Waals surface area contributed by atoms with Crippen molar-refractivity contribution in [2.75, 3.05) is 0 Å². The van der Waals surface area contributed by atoms with Crippen LogP contribution in [0.3, 0.4) is 0 Å². The Labute approximate surface area is 130 Å². The van der Waals surface area contributed by atoms with E-state index < -0.39 is 16.0 Å². The summed E-state index contributed by atoms with van der Waals surface area (Å²) in [6.07, 6.45) is 3.14. The van der Waals surface area contributed by atoms with Crippen molar-refractivity contribution in [3.8, 4) is 0 Å². The van der Waals surface area contributed by atoms with Crippen molar-refractivity contribution < 1.29 is 30.2 Å². The highest BCUT2D eigenvalue weighted by molar-refractivity contribution is 7.38. The molecule has 0 saturated carbocycles. The van der Waals surface area contributed by atoms with Crippen LogP contribution in [0.1, 0.15) is 37.1 Å². The molecule has 2 aromatic rings. The van der Waals surface area contributed by atoms with Crippen molar-refractivity contribution in [3.05, 3.63) is 34.7 Å². The molecule has 0 aliphatic rings. The van der Waals surface area contributed by atoms with Crippen LogP contribution in [0.15, 0.2) is 24.3 Å². The zero-order valence-electron chi connectivity index (χ0n) is 11.6. The Balaban J connectivity index is 0.00000200. The van der Waals surface area contributed by atoms with Gasteiger partial charge in [0.25, 0.3) is 0 Å². The maximum atomic E-state index is 13.3. The smallest absolute Gasteiger partial charge is 0.600 e. The third-order valence-corrected chi connectivity index (χ3v) is 5.41. The Hall–Kier alpha value is -0.550. The normalized spacial score (nSPS) is 12.6. The van der Waals surface area contributed by atoms with E-state index in [1.54, 1.807) is 12.1 Å². The second kappa shape index (κ2) is 6.94. The van der Waals surface area contributed by atoms with Gasteiger partial charge in [0, 0.05) is 17.9 Å². The number of unbranched alkanes of at least 4 members (excludes halogenated alkanes) is 1. The molecule has 112 valence electrons. The van der Waals surface area contributed by atoms with E-state index in [1.807, 2.05) is 26.0 Å². The molecular weight excluding hydrogens is 349 g/mol. The molecule has 0 aliphatic heterocycles. The lowest BCUT2D eigenvalue weighted by Gasteiger charge is -2.00. The molecule has 0 aliphatic carbocycles. The molecule has 0 spiro atoms. The second-order valence-corrected chi connectivity index (χ2v) is 6.73. The van der Waals surface area contributed by atoms with Crippen LogP contribution in [-0.4, -0.2) is 0 Å². The Bertz CT molecular complexity index is 572. The number of benzene rings is 1. The first kappa shape index (κ1) is 17.5. The van der Waals surface area contributed by atoms with Gasteiger partial charge in [0.1, 0.15) is 0 Å². The van der Waals surface area contributed by atoms with Gasteiger partial charge in [-0.15, -0.1) is 13.2 Å². The van der Waals surface area contributed by atoms with Gasteiger partial charge in [-0.25, -0.2) is 0 Å². The number of alkyl halides is 3. The van der Waals surface area contributed by atoms with Crippen LogP contribution in [0.5, 0.6) is 0 Å². The average molecular weight is 367 g/mol. The second-order valence-electron chi connectivity index (χ2n) is 4.69. The number of aryl methyl sites for hydroxylation is 2. The molecule has 1 atom stereocenters. The predicted octanol–water partition coefficient (Wildman–Crippen LogP) is 2.97. The zero-order valence-corrected chi connectivity index (χ0v) is 14.0. The van der Waals surface area contributed by atoms with Gasteiger partial charge in [-0.1, -0.05) is 26.3 Å². The lowest BCUT2D eigenvalue weighted by Crippen LogP contribution is -3.00. The van der Waals surface area contributed by atoms with Gasteiger partial charge in [-0.2, -0.15) is 0 Å². The van der Waals surface area contributed by atoms with E-state index in [-0.39, 0.29) is 17.0 Å². The van der Waals surface area contributed by atoms with Gasteiger partial charge >= 0.3 is 5.51 Å². The van der Waals surface area contributed by atoms with Crippen LogP contribution in [0.4, 0.5) is 13.2 Å². The van der Waals surface area contributed by atoms with Gasteiger partial charge < -0.3 is 17.0 Å². The topological polar surface area (TPSA) is 0 Å². The Morgan fingerprint density at radius 1 is 1.10 bits per heavy atom. The minimum atomic E-state index is -4.15. The lowest BCUT2D eigenvalue weighted by molar-refractivity contribution is -0.0867. The number of rotatable bonds is 4. The van der Waals surface area contributed by atoms with E-state index in [9.17, 15) is 13.2 Å². The molecule has 1 unspecified atom stereocenters. The summed E-state index contributed by atoms with van der Waals surface area (Å²) in [5.41, 5.74) is -3.06. The number of hydrogen-bond donors (Lipinski definition) is 0. The summed E-state index contributed by atoms with van der Waals surface area (Å²) in [5, 5.41) is 0.770. The SMILES string of the molecule is CCCCc1cc2cc(CC)ccc2[s+]1C(F)(F)F.[Br-]. The lowest BCUT2D eigenvalue weighted by atomic mass is 10.1. The number of fused-ring (bicyclic) bond motifs is 1. The molecule has 0 N–H and O–H groups in total. The van der Waals surface area contributed by atoms with Crippen molar-refractivity contribution in [1.82, 2.24) is 0 Å². The molecule has 1 heterocycles. The fourth-order valence-electron chi connectivity index (χ4n) is 2.29. The highest BCUT2D eigenvalue weighted by atomic mass is 79.9. The van der Waals surface area contributed by atoms with Gasteiger partial charge in [0.2, 0.25) is 0 Å². The van der Waals surface area contributed by atoms with Crippen molar-refractivity contribution in [2.45, 2.75) is 45.0 Å². The van der Waals surface area contributed by atoms with E-state index in [0.29, 0.717) is 16.0 Å². The van der Waals surface area contributed by atoms with E-state index in [0.717, 1.165) is 30.2 Å². The molecule has 0 radical (unpaired) electrons. The van der Waals surface area contributed by atoms with E-state index >= 15 is 0 Å². The Morgan fingerprint density at radius 3 is 2.35 bits per heavy atom. The maximum absolute atomic E-state index is 13.3. The number of halogens is 4. The summed E-state index contributed by atoms with van der Waals surface area (Å²) in [7, 11) is -1.71. The minimum absolute atomic E-state index is 0. The van der Waals surface area contributed by atoms with Crippen LogP contribution < -0.4 is 17.0 Å². The maximum Gasteiger partial charge on any atom is 0.600 e. The average Bonchev–Trinajstić information content (AvgIpc) is 2.72. The minimum Gasteiger partial charge on any atom is -1.00 e. The van der Waals surface area contributed by atoms with Gasteiger partial charge in [0.05, 0.1) is 10.5 Å². The molecular formula is C15H18BrF3S. The summed E-state index contributed by atoms with van der Waals surface area (Å²) < 4.78 is 40.3. The molecule has 0 saturated heterocycles. The fourth-order valence-corrected chi connectivity index (χ4v) is 4.27. The van der Waals surface area contributed by atoms with E-state index in [2.05, 4.69) is 0 Å². The van der Waals surface area contributed by atoms with Gasteiger partial charge in [-0.05, 0) is 30.5 Å². The molecule has 1 aromatic carbocycles. The van der Waals surface area contributed by atoms with Crippen LogP contribution >= 0.6 is 10.5 Å². The largest absolute Gasteiger partial charge is 1.00 e. The Morgan fingerprint density at radius 2 is 1.80 bits per heavy atom. The highest BCUT2D eigenvalue weighted by Gasteiger charge is 2.47. The van der Waals surface area contributed by atoms with Crippen molar-refractivity contribution in [2.24, 2.45) is 0 Å². The van der Waals surface area contributed by atoms with Crippen molar-refractivity contribution in [3.63, 3.8) is 0 Å². The fraction of sp³-hybridized carbons (Fsp3) is 0.467. The first-order valence-corrected chi connectivity index (χ1v) is 7.84. The van der Waals surface area contributed by atoms with Crippen LogP contribution in [0, 0.1) is 0 Å². The zero-order chi connectivity index (χ0) is 14.0. The first-order chi connectivity index (χ1) is 8.97.